The van der Waals surface area contributed by atoms with Gasteiger partial charge in [-0.25, -0.2) is 9.59 Å². The Balaban J connectivity index is 1.98. The zero-order chi connectivity index (χ0) is 22.8. The zero-order valence-electron chi connectivity index (χ0n) is 18.8. The summed E-state index contributed by atoms with van der Waals surface area (Å²) in [6.45, 7) is 7.57. The molecule has 1 saturated carbocycles. The van der Waals surface area contributed by atoms with Crippen molar-refractivity contribution in [3.63, 3.8) is 0 Å². The molecule has 0 spiro atoms. The van der Waals surface area contributed by atoms with Gasteiger partial charge in [-0.15, -0.1) is 0 Å². The van der Waals surface area contributed by atoms with E-state index in [-0.39, 0.29) is 19.3 Å². The lowest BCUT2D eigenvalue weighted by Gasteiger charge is -2.20. The van der Waals surface area contributed by atoms with E-state index < -0.39 is 17.7 Å². The van der Waals surface area contributed by atoms with Crippen LogP contribution in [0.1, 0.15) is 69.4 Å². The second kappa shape index (κ2) is 9.51. The molecule has 0 aliphatic heterocycles. The third-order valence-corrected chi connectivity index (χ3v) is 5.87. The summed E-state index contributed by atoms with van der Waals surface area (Å²) in [5.74, 6) is 0.326. The number of fused-ring (bicyclic) bond motifs is 1. The number of aromatic nitrogens is 1. The van der Waals surface area contributed by atoms with Gasteiger partial charge in [0.1, 0.15) is 11.4 Å². The molecule has 1 aromatic carbocycles. The van der Waals surface area contributed by atoms with Crippen LogP contribution >= 0.6 is 15.9 Å². The number of ether oxygens (including phenoxy) is 3. The Hall–Kier alpha value is -2.22. The highest BCUT2D eigenvalue weighted by atomic mass is 79.9. The van der Waals surface area contributed by atoms with Gasteiger partial charge >= 0.3 is 12.1 Å². The molecule has 0 bridgehead atoms. The van der Waals surface area contributed by atoms with Gasteiger partial charge < -0.3 is 24.1 Å². The molecular weight excluding hydrogens is 464 g/mol. The average Bonchev–Trinajstić information content (AvgIpc) is 3.26. The molecule has 1 aliphatic carbocycles. The molecule has 3 rings (SSSR count). The van der Waals surface area contributed by atoms with E-state index in [1.807, 2.05) is 23.7 Å². The number of halogens is 1. The van der Waals surface area contributed by atoms with Crippen LogP contribution in [0.5, 0.6) is 5.75 Å². The molecule has 2 aromatic rings. The van der Waals surface area contributed by atoms with E-state index in [0.29, 0.717) is 11.3 Å². The lowest BCUT2D eigenvalue weighted by Crippen LogP contribution is -2.33. The third-order valence-electron chi connectivity index (χ3n) is 5.25. The summed E-state index contributed by atoms with van der Waals surface area (Å²) in [7, 11) is 1.87. The summed E-state index contributed by atoms with van der Waals surface area (Å²) in [4.78, 5) is 25.0. The number of benzene rings is 1. The quantitative estimate of drug-likeness (QED) is 0.539. The molecule has 0 radical (unpaired) electrons. The van der Waals surface area contributed by atoms with Crippen LogP contribution in [0.2, 0.25) is 0 Å². The number of amides is 1. The SMILES string of the molecule is CCOC(=O)c1c(CNC(=O)OC(C)(C)C)n(C)c2cc(OC3CCCC3)c(Br)cc12. The summed E-state index contributed by atoms with van der Waals surface area (Å²) >= 11 is 3.60. The number of carbonyl (C=O) groups is 2. The first-order valence-electron chi connectivity index (χ1n) is 10.7. The van der Waals surface area contributed by atoms with Crippen molar-refractivity contribution in [3.05, 3.63) is 27.9 Å². The zero-order valence-corrected chi connectivity index (χ0v) is 20.4. The number of alkyl carbamates (subject to hydrolysis) is 1. The van der Waals surface area contributed by atoms with Crippen molar-refractivity contribution in [2.24, 2.45) is 7.05 Å². The standard InChI is InChI=1S/C23H31BrN2O5/c1-6-29-21(27)20-15-11-16(24)19(30-14-9-7-8-10-14)12-17(15)26(5)18(20)13-25-22(28)31-23(2,3)4/h11-12,14H,6-10,13H2,1-5H3,(H,25,28). The van der Waals surface area contributed by atoms with Crippen LogP contribution in [0.4, 0.5) is 4.79 Å². The number of rotatable bonds is 6. The van der Waals surface area contributed by atoms with Crippen molar-refractivity contribution in [2.45, 2.75) is 71.6 Å². The van der Waals surface area contributed by atoms with Gasteiger partial charge in [0.2, 0.25) is 0 Å². The minimum atomic E-state index is -0.607. The molecule has 1 fully saturated rings. The minimum Gasteiger partial charge on any atom is -0.489 e. The second-order valence-corrected chi connectivity index (χ2v) is 9.64. The van der Waals surface area contributed by atoms with E-state index in [1.165, 1.54) is 12.8 Å². The first-order valence-corrected chi connectivity index (χ1v) is 11.5. The predicted octanol–water partition coefficient (Wildman–Crippen LogP) is 5.46. The fraction of sp³-hybridized carbons (Fsp3) is 0.565. The number of esters is 1. The highest BCUT2D eigenvalue weighted by Crippen LogP contribution is 2.37. The van der Waals surface area contributed by atoms with Gasteiger partial charge in [0.25, 0.3) is 0 Å². The topological polar surface area (TPSA) is 78.8 Å². The Morgan fingerprint density at radius 1 is 1.23 bits per heavy atom. The maximum absolute atomic E-state index is 12.8. The molecule has 7 nitrogen and oxygen atoms in total. The van der Waals surface area contributed by atoms with Gasteiger partial charge in [-0.05, 0) is 75.4 Å². The smallest absolute Gasteiger partial charge is 0.407 e. The highest BCUT2D eigenvalue weighted by molar-refractivity contribution is 9.10. The molecule has 1 aliphatic rings. The van der Waals surface area contributed by atoms with E-state index in [1.54, 1.807) is 27.7 Å². The predicted molar refractivity (Wildman–Crippen MR) is 123 cm³/mol. The van der Waals surface area contributed by atoms with Gasteiger partial charge in [0.15, 0.2) is 0 Å². The van der Waals surface area contributed by atoms with Crippen LogP contribution in [0.15, 0.2) is 16.6 Å². The second-order valence-electron chi connectivity index (χ2n) is 8.78. The average molecular weight is 495 g/mol. The van der Waals surface area contributed by atoms with Gasteiger partial charge in [-0.2, -0.15) is 0 Å². The molecular formula is C23H31BrN2O5. The molecule has 31 heavy (non-hydrogen) atoms. The summed E-state index contributed by atoms with van der Waals surface area (Å²) in [6.07, 6.45) is 4.14. The lowest BCUT2D eigenvalue weighted by atomic mass is 10.1. The van der Waals surface area contributed by atoms with Gasteiger partial charge in [-0.1, -0.05) is 0 Å². The molecule has 0 atom stereocenters. The molecule has 0 unspecified atom stereocenters. The minimum absolute atomic E-state index is 0.130. The molecule has 1 amide bonds. The monoisotopic (exact) mass is 494 g/mol. The maximum atomic E-state index is 12.8. The number of nitrogens with one attached hydrogen (secondary N) is 1. The molecule has 170 valence electrons. The first kappa shape index (κ1) is 23.4. The number of nitrogens with zero attached hydrogens (tertiary/aromatic N) is 1. The van der Waals surface area contributed by atoms with Gasteiger partial charge in [0, 0.05) is 18.5 Å². The van der Waals surface area contributed by atoms with E-state index in [9.17, 15) is 9.59 Å². The third kappa shape index (κ3) is 5.53. The number of carbonyl (C=O) groups excluding carboxylic acids is 2. The Morgan fingerprint density at radius 2 is 1.90 bits per heavy atom. The Labute approximate surface area is 191 Å². The number of hydrogen-bond acceptors (Lipinski definition) is 5. The van der Waals surface area contributed by atoms with Crippen LogP contribution in [-0.4, -0.2) is 34.9 Å². The fourth-order valence-electron chi connectivity index (χ4n) is 3.87. The number of hydrogen-bond donors (Lipinski definition) is 1. The fourth-order valence-corrected chi connectivity index (χ4v) is 4.31. The molecule has 0 saturated heterocycles. The van der Waals surface area contributed by atoms with Crippen LogP contribution in [0.3, 0.4) is 0 Å². The van der Waals surface area contributed by atoms with Crippen molar-refractivity contribution in [1.82, 2.24) is 9.88 Å². The molecule has 1 aromatic heterocycles. The number of aryl methyl sites for hydroxylation is 1. The van der Waals surface area contributed by atoms with Crippen molar-refractivity contribution in [2.75, 3.05) is 6.61 Å². The van der Waals surface area contributed by atoms with E-state index in [0.717, 1.165) is 34.0 Å². The van der Waals surface area contributed by atoms with Crippen LogP contribution in [0, 0.1) is 0 Å². The molecule has 1 N–H and O–H groups in total. The summed E-state index contributed by atoms with van der Waals surface area (Å²) in [6, 6.07) is 3.83. The van der Waals surface area contributed by atoms with Crippen molar-refractivity contribution in [3.8, 4) is 5.75 Å². The van der Waals surface area contributed by atoms with Gasteiger partial charge in [-0.3, -0.25) is 0 Å². The van der Waals surface area contributed by atoms with Crippen molar-refractivity contribution < 1.29 is 23.8 Å². The van der Waals surface area contributed by atoms with E-state index in [2.05, 4.69) is 21.2 Å². The Kier molecular flexibility index (Phi) is 7.19. The van der Waals surface area contributed by atoms with Crippen molar-refractivity contribution >= 4 is 38.9 Å². The Morgan fingerprint density at radius 3 is 2.52 bits per heavy atom. The van der Waals surface area contributed by atoms with Crippen LogP contribution in [0.25, 0.3) is 10.9 Å². The van der Waals surface area contributed by atoms with Crippen molar-refractivity contribution in [1.29, 1.82) is 0 Å². The normalized spacial score (nSPS) is 14.6. The largest absolute Gasteiger partial charge is 0.489 e. The first-order chi connectivity index (χ1) is 14.6. The van der Waals surface area contributed by atoms with Gasteiger partial charge in [0.05, 0.1) is 40.5 Å². The lowest BCUT2D eigenvalue weighted by molar-refractivity contribution is 0.0502. The Bertz CT molecular complexity index is 971. The highest BCUT2D eigenvalue weighted by Gasteiger charge is 2.26. The maximum Gasteiger partial charge on any atom is 0.407 e. The molecule has 8 heteroatoms. The van der Waals surface area contributed by atoms with E-state index in [4.69, 9.17) is 14.2 Å². The summed E-state index contributed by atoms with van der Waals surface area (Å²) in [5, 5.41) is 3.49. The van der Waals surface area contributed by atoms with Crippen LogP contribution < -0.4 is 10.1 Å². The summed E-state index contributed by atoms with van der Waals surface area (Å²) in [5.41, 5.74) is 1.30. The molecule has 1 heterocycles. The summed E-state index contributed by atoms with van der Waals surface area (Å²) < 4.78 is 19.5. The van der Waals surface area contributed by atoms with E-state index >= 15 is 0 Å². The van der Waals surface area contributed by atoms with Crippen LogP contribution in [-0.2, 0) is 23.1 Å².